The zero-order chi connectivity index (χ0) is 20.5. The van der Waals surface area contributed by atoms with Crippen LogP contribution in [0.15, 0.2) is 48.5 Å². The summed E-state index contributed by atoms with van der Waals surface area (Å²) in [5.74, 6) is 0.469. The van der Waals surface area contributed by atoms with Gasteiger partial charge in [0.05, 0.1) is 12.6 Å². The molecule has 0 aliphatic carbocycles. The molecular weight excluding hydrogens is 354 g/mol. The van der Waals surface area contributed by atoms with Crippen LogP contribution in [0.4, 0.5) is 11.4 Å². The van der Waals surface area contributed by atoms with Crippen LogP contribution in [0.5, 0.6) is 5.75 Å². The van der Waals surface area contributed by atoms with E-state index in [2.05, 4.69) is 16.0 Å². The minimum absolute atomic E-state index is 0.0915. The van der Waals surface area contributed by atoms with Gasteiger partial charge in [-0.2, -0.15) is 0 Å². The summed E-state index contributed by atoms with van der Waals surface area (Å²) >= 11 is 0. The molecule has 3 N–H and O–H groups in total. The maximum Gasteiger partial charge on any atom is 0.251 e. The molecule has 150 valence electrons. The van der Waals surface area contributed by atoms with Crippen LogP contribution in [0.3, 0.4) is 0 Å². The van der Waals surface area contributed by atoms with E-state index in [0.717, 1.165) is 17.9 Å². The fourth-order valence-corrected chi connectivity index (χ4v) is 2.45. The highest BCUT2D eigenvalue weighted by Gasteiger charge is 2.09. The van der Waals surface area contributed by atoms with E-state index < -0.39 is 0 Å². The number of rotatable bonds is 9. The van der Waals surface area contributed by atoms with Gasteiger partial charge in [0.25, 0.3) is 5.91 Å². The van der Waals surface area contributed by atoms with Crippen LogP contribution in [0.2, 0.25) is 0 Å². The minimum atomic E-state index is -0.174. The number of nitrogens with one attached hydrogen (secondary N) is 3. The van der Waals surface area contributed by atoms with E-state index in [0.29, 0.717) is 11.3 Å². The Morgan fingerprint density at radius 3 is 2.36 bits per heavy atom. The zero-order valence-electron chi connectivity index (χ0n) is 16.9. The van der Waals surface area contributed by atoms with Crippen molar-refractivity contribution >= 4 is 23.2 Å². The Hall–Kier alpha value is -3.02. The molecule has 0 radical (unpaired) electrons. The smallest absolute Gasteiger partial charge is 0.251 e. The standard InChI is InChI=1S/C22H29N3O3/c1-5-16(4)24-22(27)17-9-11-18(12-10-17)25-21(26)14-23-19-7-6-8-20(13-19)28-15(2)3/h6-13,15-16,23H,5,14H2,1-4H3,(H,24,27)(H,25,26). The summed E-state index contributed by atoms with van der Waals surface area (Å²) < 4.78 is 5.65. The highest BCUT2D eigenvalue weighted by Crippen LogP contribution is 2.18. The summed E-state index contributed by atoms with van der Waals surface area (Å²) in [6, 6.07) is 14.5. The number of carbonyl (C=O) groups excluding carboxylic acids is 2. The topological polar surface area (TPSA) is 79.5 Å². The minimum Gasteiger partial charge on any atom is -0.491 e. The van der Waals surface area contributed by atoms with Crippen LogP contribution in [0.1, 0.15) is 44.5 Å². The molecule has 1 unspecified atom stereocenters. The van der Waals surface area contributed by atoms with E-state index in [-0.39, 0.29) is 30.5 Å². The van der Waals surface area contributed by atoms with E-state index in [9.17, 15) is 9.59 Å². The first-order chi connectivity index (χ1) is 13.4. The van der Waals surface area contributed by atoms with Crippen LogP contribution in [-0.2, 0) is 4.79 Å². The molecule has 0 aliphatic heterocycles. The van der Waals surface area contributed by atoms with Crippen molar-refractivity contribution in [3.63, 3.8) is 0 Å². The molecule has 2 rings (SSSR count). The molecule has 0 saturated carbocycles. The zero-order valence-corrected chi connectivity index (χ0v) is 16.9. The Balaban J connectivity index is 1.85. The summed E-state index contributed by atoms with van der Waals surface area (Å²) in [5.41, 5.74) is 2.02. The van der Waals surface area contributed by atoms with E-state index in [1.165, 1.54) is 0 Å². The average molecular weight is 383 g/mol. The number of anilines is 2. The third kappa shape index (κ3) is 6.95. The second-order valence-electron chi connectivity index (χ2n) is 6.96. The van der Waals surface area contributed by atoms with Gasteiger partial charge in [0, 0.05) is 29.0 Å². The largest absolute Gasteiger partial charge is 0.491 e. The number of hydrogen-bond donors (Lipinski definition) is 3. The van der Waals surface area contributed by atoms with Crippen molar-refractivity contribution in [1.82, 2.24) is 5.32 Å². The van der Waals surface area contributed by atoms with Gasteiger partial charge >= 0.3 is 0 Å². The molecule has 6 nitrogen and oxygen atoms in total. The highest BCUT2D eigenvalue weighted by atomic mass is 16.5. The number of benzene rings is 2. The Morgan fingerprint density at radius 2 is 1.71 bits per heavy atom. The van der Waals surface area contributed by atoms with Crippen molar-refractivity contribution < 1.29 is 14.3 Å². The fraction of sp³-hybridized carbons (Fsp3) is 0.364. The lowest BCUT2D eigenvalue weighted by molar-refractivity contribution is -0.114. The predicted molar refractivity (Wildman–Crippen MR) is 113 cm³/mol. The first-order valence-corrected chi connectivity index (χ1v) is 9.58. The van der Waals surface area contributed by atoms with Crippen molar-refractivity contribution in [2.75, 3.05) is 17.2 Å². The molecule has 2 amide bonds. The highest BCUT2D eigenvalue weighted by molar-refractivity contribution is 5.96. The third-order valence-corrected chi connectivity index (χ3v) is 4.08. The van der Waals surface area contributed by atoms with Gasteiger partial charge in [0.2, 0.25) is 5.91 Å². The van der Waals surface area contributed by atoms with Gasteiger partial charge in [-0.05, 0) is 63.6 Å². The van der Waals surface area contributed by atoms with Gasteiger partial charge in [-0.25, -0.2) is 0 Å². The Labute approximate surface area is 166 Å². The number of ether oxygens (including phenoxy) is 1. The molecule has 2 aromatic rings. The maximum absolute atomic E-state index is 12.2. The van der Waals surface area contributed by atoms with Crippen LogP contribution in [0, 0.1) is 0 Å². The van der Waals surface area contributed by atoms with Crippen LogP contribution >= 0.6 is 0 Å². The molecule has 0 spiro atoms. The van der Waals surface area contributed by atoms with Gasteiger partial charge < -0.3 is 20.7 Å². The molecule has 28 heavy (non-hydrogen) atoms. The quantitative estimate of drug-likeness (QED) is 0.610. The summed E-state index contributed by atoms with van der Waals surface area (Å²) in [4.78, 5) is 24.2. The molecule has 6 heteroatoms. The molecule has 0 heterocycles. The predicted octanol–water partition coefficient (Wildman–Crippen LogP) is 4.05. The molecule has 0 bridgehead atoms. The van der Waals surface area contributed by atoms with Crippen molar-refractivity contribution in [3.05, 3.63) is 54.1 Å². The molecule has 2 aromatic carbocycles. The maximum atomic E-state index is 12.2. The van der Waals surface area contributed by atoms with Gasteiger partial charge in [-0.15, -0.1) is 0 Å². The molecule has 0 aromatic heterocycles. The molecule has 0 aliphatic rings. The average Bonchev–Trinajstić information content (AvgIpc) is 2.66. The Bertz CT molecular complexity index is 788. The first-order valence-electron chi connectivity index (χ1n) is 9.58. The Morgan fingerprint density at radius 1 is 1.00 bits per heavy atom. The lowest BCUT2D eigenvalue weighted by Crippen LogP contribution is -2.31. The molecule has 0 saturated heterocycles. The van der Waals surface area contributed by atoms with Crippen LogP contribution < -0.4 is 20.7 Å². The van der Waals surface area contributed by atoms with E-state index in [1.807, 2.05) is 52.0 Å². The lowest BCUT2D eigenvalue weighted by atomic mass is 10.1. The summed E-state index contributed by atoms with van der Waals surface area (Å²) in [6.07, 6.45) is 0.966. The van der Waals surface area contributed by atoms with Crippen LogP contribution in [-0.4, -0.2) is 30.5 Å². The van der Waals surface area contributed by atoms with E-state index >= 15 is 0 Å². The van der Waals surface area contributed by atoms with Crippen LogP contribution in [0.25, 0.3) is 0 Å². The van der Waals surface area contributed by atoms with Crippen molar-refractivity contribution in [1.29, 1.82) is 0 Å². The molecule has 1 atom stereocenters. The van der Waals surface area contributed by atoms with Crippen molar-refractivity contribution in [2.24, 2.45) is 0 Å². The van der Waals surface area contributed by atoms with Crippen molar-refractivity contribution in [2.45, 2.75) is 46.3 Å². The first kappa shape index (κ1) is 21.3. The molecule has 0 fully saturated rings. The van der Waals surface area contributed by atoms with Gasteiger partial charge in [-0.1, -0.05) is 13.0 Å². The van der Waals surface area contributed by atoms with Gasteiger partial charge in [0.1, 0.15) is 5.75 Å². The van der Waals surface area contributed by atoms with E-state index in [1.54, 1.807) is 24.3 Å². The summed E-state index contributed by atoms with van der Waals surface area (Å²) in [6.45, 7) is 8.04. The Kier molecular flexibility index (Phi) is 7.87. The lowest BCUT2D eigenvalue weighted by Gasteiger charge is -2.13. The molecular formula is C22H29N3O3. The van der Waals surface area contributed by atoms with E-state index in [4.69, 9.17) is 4.74 Å². The summed E-state index contributed by atoms with van der Waals surface area (Å²) in [7, 11) is 0. The normalized spacial score (nSPS) is 11.6. The number of hydrogen-bond acceptors (Lipinski definition) is 4. The number of amides is 2. The fourth-order valence-electron chi connectivity index (χ4n) is 2.45. The van der Waals surface area contributed by atoms with Gasteiger partial charge in [-0.3, -0.25) is 9.59 Å². The second-order valence-corrected chi connectivity index (χ2v) is 6.96. The second kappa shape index (κ2) is 10.3. The SMILES string of the molecule is CCC(C)NC(=O)c1ccc(NC(=O)CNc2cccc(OC(C)C)c2)cc1. The third-order valence-electron chi connectivity index (χ3n) is 4.08. The summed E-state index contributed by atoms with van der Waals surface area (Å²) in [5, 5.41) is 8.81. The number of carbonyl (C=O) groups is 2. The monoisotopic (exact) mass is 383 g/mol. The van der Waals surface area contributed by atoms with Gasteiger partial charge in [0.15, 0.2) is 0 Å². The van der Waals surface area contributed by atoms with Crippen molar-refractivity contribution in [3.8, 4) is 5.75 Å².